The first-order chi connectivity index (χ1) is 21.2. The number of hydrogen-bond donors (Lipinski definition) is 4. The number of carbonyl (C=O) groups is 1. The van der Waals surface area contributed by atoms with Crippen molar-refractivity contribution in [2.45, 2.75) is 44.4 Å². The van der Waals surface area contributed by atoms with Gasteiger partial charge in [0, 0.05) is 43.7 Å². The van der Waals surface area contributed by atoms with Crippen LogP contribution in [0.2, 0.25) is 0 Å². The first-order valence-electron chi connectivity index (χ1n) is 14.8. The summed E-state index contributed by atoms with van der Waals surface area (Å²) in [7, 11) is 0. The van der Waals surface area contributed by atoms with Crippen LogP contribution in [0.5, 0.6) is 5.75 Å². The molecule has 0 radical (unpaired) electrons. The number of ether oxygens (including phenoxy) is 1. The highest BCUT2D eigenvalue weighted by molar-refractivity contribution is 7.16. The van der Waals surface area contributed by atoms with Gasteiger partial charge in [-0.05, 0) is 62.1 Å². The van der Waals surface area contributed by atoms with E-state index in [0.29, 0.717) is 60.7 Å². The summed E-state index contributed by atoms with van der Waals surface area (Å²) in [6.07, 6.45) is 1.31. The average Bonchev–Trinajstić information content (AvgIpc) is 3.62. The van der Waals surface area contributed by atoms with Gasteiger partial charge in [0.15, 0.2) is 0 Å². The van der Waals surface area contributed by atoms with Gasteiger partial charge in [0.1, 0.15) is 22.8 Å². The third kappa shape index (κ3) is 6.87. The molecule has 0 saturated carbocycles. The predicted molar refractivity (Wildman–Crippen MR) is 168 cm³/mol. The summed E-state index contributed by atoms with van der Waals surface area (Å²) in [6.45, 7) is 6.54. The highest BCUT2D eigenvalue weighted by Crippen LogP contribution is 2.33. The Bertz CT molecular complexity index is 1700. The van der Waals surface area contributed by atoms with Crippen LogP contribution in [0.3, 0.4) is 0 Å². The van der Waals surface area contributed by atoms with Gasteiger partial charge in [-0.15, -0.1) is 11.3 Å². The minimum Gasteiger partial charge on any atom is -0.506 e. The quantitative estimate of drug-likeness (QED) is 0.204. The van der Waals surface area contributed by atoms with Crippen molar-refractivity contribution in [2.75, 3.05) is 45.9 Å². The number of halogens is 1. The molecular weight excluding hydrogens is 606 g/mol. The zero-order chi connectivity index (χ0) is 30.8. The van der Waals surface area contributed by atoms with E-state index in [4.69, 9.17) is 4.74 Å². The Hall–Kier alpha value is -3.20. The number of morpholine rings is 1. The van der Waals surface area contributed by atoms with E-state index in [-0.39, 0.29) is 34.5 Å². The lowest BCUT2D eigenvalue weighted by Gasteiger charge is -2.47. The lowest BCUT2D eigenvalue weighted by atomic mass is 9.89. The molecule has 44 heavy (non-hydrogen) atoms. The van der Waals surface area contributed by atoms with Crippen LogP contribution in [0.1, 0.15) is 51.1 Å². The molecule has 1 unspecified atom stereocenters. The third-order valence-corrected chi connectivity index (χ3v) is 10.1. The number of likely N-dealkylation sites (tertiary alicyclic amines) is 1. The Kier molecular flexibility index (Phi) is 9.13. The molecule has 0 bridgehead atoms. The number of aryl methyl sites for hydroxylation is 1. The molecule has 10 nitrogen and oxygen atoms in total. The van der Waals surface area contributed by atoms with Crippen molar-refractivity contribution in [3.63, 3.8) is 0 Å². The maximum Gasteiger partial charge on any atom is 0.305 e. The Morgan fingerprint density at radius 2 is 2.02 bits per heavy atom. The molecule has 0 aliphatic carbocycles. The molecule has 1 amide bonds. The maximum atomic E-state index is 14.6. The van der Waals surface area contributed by atoms with Gasteiger partial charge in [-0.25, -0.2) is 9.37 Å². The van der Waals surface area contributed by atoms with Crippen LogP contribution in [0.4, 0.5) is 4.39 Å². The monoisotopic (exact) mass is 641 g/mol. The molecule has 4 N–H and O–H groups in total. The van der Waals surface area contributed by atoms with Crippen molar-refractivity contribution in [3.05, 3.63) is 78.6 Å². The molecule has 2 aliphatic rings. The van der Waals surface area contributed by atoms with E-state index >= 15 is 0 Å². The molecule has 2 aliphatic heterocycles. The number of carbonyl (C=O) groups excluding carboxylic acids is 1. The number of fused-ring (bicyclic) bond motifs is 1. The van der Waals surface area contributed by atoms with E-state index < -0.39 is 6.10 Å². The van der Waals surface area contributed by atoms with Crippen LogP contribution in [0.15, 0.2) is 40.5 Å². The molecule has 2 aromatic heterocycles. The van der Waals surface area contributed by atoms with Crippen LogP contribution in [0, 0.1) is 12.7 Å². The minimum atomic E-state index is -0.870. The molecule has 4 aromatic rings. The number of aliphatic hydroxyl groups excluding tert-OH is 1. The summed E-state index contributed by atoms with van der Waals surface area (Å²) in [6, 6.07) is 8.23. The van der Waals surface area contributed by atoms with Gasteiger partial charge >= 0.3 is 4.87 Å². The van der Waals surface area contributed by atoms with Gasteiger partial charge < -0.3 is 30.2 Å². The van der Waals surface area contributed by atoms with E-state index in [1.165, 1.54) is 17.4 Å². The van der Waals surface area contributed by atoms with Crippen molar-refractivity contribution in [1.29, 1.82) is 0 Å². The molecule has 1 spiro atoms. The Balaban J connectivity index is 0.992. The van der Waals surface area contributed by atoms with E-state index in [1.807, 2.05) is 23.3 Å². The number of phenols is 1. The summed E-state index contributed by atoms with van der Waals surface area (Å²) < 4.78 is 21.4. The molecule has 2 saturated heterocycles. The van der Waals surface area contributed by atoms with Crippen LogP contribution < -0.4 is 10.2 Å². The zero-order valence-electron chi connectivity index (χ0n) is 24.5. The van der Waals surface area contributed by atoms with Crippen LogP contribution >= 0.6 is 22.7 Å². The fourth-order valence-corrected chi connectivity index (χ4v) is 7.66. The number of nitrogens with one attached hydrogen (secondary N) is 2. The molecule has 2 aromatic carbocycles. The number of hydrogen-bond acceptors (Lipinski definition) is 10. The second-order valence-electron chi connectivity index (χ2n) is 11.6. The number of benzene rings is 2. The lowest BCUT2D eigenvalue weighted by Crippen LogP contribution is -2.58. The lowest BCUT2D eigenvalue weighted by molar-refractivity contribution is -0.128. The third-order valence-electron chi connectivity index (χ3n) is 8.44. The van der Waals surface area contributed by atoms with Gasteiger partial charge in [0.25, 0.3) is 5.91 Å². The molecule has 4 heterocycles. The highest BCUT2D eigenvalue weighted by atomic mass is 32.1. The van der Waals surface area contributed by atoms with Crippen LogP contribution in [-0.2, 0) is 17.7 Å². The summed E-state index contributed by atoms with van der Waals surface area (Å²) in [4.78, 5) is 35.6. The molecule has 13 heteroatoms. The van der Waals surface area contributed by atoms with E-state index in [0.717, 1.165) is 53.4 Å². The number of H-pyrrole nitrogens is 1. The number of phenolic OH excluding ortho intramolecular Hbond substituents is 1. The average molecular weight is 642 g/mol. The number of aliphatic hydroxyl groups is 1. The second-order valence-corrected chi connectivity index (χ2v) is 13.7. The maximum absolute atomic E-state index is 14.6. The normalized spacial score (nSPS) is 17.8. The number of aromatic hydroxyl groups is 1. The first-order valence-corrected chi connectivity index (χ1v) is 16.5. The van der Waals surface area contributed by atoms with Crippen molar-refractivity contribution in [2.24, 2.45) is 0 Å². The van der Waals surface area contributed by atoms with Crippen molar-refractivity contribution in [1.82, 2.24) is 25.1 Å². The first kappa shape index (κ1) is 30.8. The zero-order valence-corrected chi connectivity index (χ0v) is 26.1. The van der Waals surface area contributed by atoms with Gasteiger partial charge in [-0.2, -0.15) is 0 Å². The Labute approximate surface area is 262 Å². The molecule has 2 fully saturated rings. The van der Waals surface area contributed by atoms with Crippen LogP contribution in [0.25, 0.3) is 10.2 Å². The summed E-state index contributed by atoms with van der Waals surface area (Å²) >= 11 is 2.43. The predicted octanol–water partition coefficient (Wildman–Crippen LogP) is 3.57. The van der Waals surface area contributed by atoms with Crippen molar-refractivity contribution >= 4 is 38.8 Å². The summed E-state index contributed by atoms with van der Waals surface area (Å²) in [5.74, 6) is -0.342. The minimum absolute atomic E-state index is 0.0312. The van der Waals surface area contributed by atoms with Gasteiger partial charge in [0.2, 0.25) is 0 Å². The van der Waals surface area contributed by atoms with E-state index in [1.54, 1.807) is 18.2 Å². The number of rotatable bonds is 9. The van der Waals surface area contributed by atoms with Gasteiger partial charge in [0.05, 0.1) is 34.6 Å². The van der Waals surface area contributed by atoms with Crippen molar-refractivity contribution < 1.29 is 24.1 Å². The molecular formula is C31H36FN5O5S2. The Morgan fingerprint density at radius 1 is 1.23 bits per heavy atom. The standard InChI is InChI=1S/C31H36FN5O5S2/c1-19-34-24(17-43-19)29(40)37-10-11-42-31(18-37)5-8-36(9-6-31)16-21-12-20(13-22(32)14-21)4-7-33-15-26(39)23-2-3-25(38)27-28(23)44-30(41)35-27/h2-3,12-14,17,26,33,38-39H,4-11,15-16,18H2,1H3,(H,35,41). The van der Waals surface area contributed by atoms with Crippen LogP contribution in [-0.4, -0.2) is 87.4 Å². The summed E-state index contributed by atoms with van der Waals surface area (Å²) in [5, 5.41) is 26.6. The largest absolute Gasteiger partial charge is 0.506 e. The fraction of sp³-hybridized carbons (Fsp3) is 0.452. The smallest absolute Gasteiger partial charge is 0.305 e. The second kappa shape index (κ2) is 13.0. The Morgan fingerprint density at radius 3 is 2.80 bits per heavy atom. The number of amides is 1. The fourth-order valence-electron chi connectivity index (χ4n) is 6.16. The topological polar surface area (TPSA) is 131 Å². The highest BCUT2D eigenvalue weighted by Gasteiger charge is 2.41. The van der Waals surface area contributed by atoms with Gasteiger partial charge in [-0.1, -0.05) is 23.5 Å². The summed E-state index contributed by atoms with van der Waals surface area (Å²) in [5.41, 5.74) is 2.82. The number of piperidine rings is 1. The van der Waals surface area contributed by atoms with Gasteiger partial charge in [-0.3, -0.25) is 14.5 Å². The molecule has 234 valence electrons. The number of aromatic amines is 1. The number of nitrogens with zero attached hydrogens (tertiary/aromatic N) is 3. The number of thiazole rings is 2. The van der Waals surface area contributed by atoms with E-state index in [9.17, 15) is 24.2 Å². The number of aromatic nitrogens is 2. The molecule has 6 rings (SSSR count). The van der Waals surface area contributed by atoms with E-state index in [2.05, 4.69) is 20.2 Å². The molecule has 1 atom stereocenters. The van der Waals surface area contributed by atoms with Crippen molar-refractivity contribution in [3.8, 4) is 5.75 Å². The SMILES string of the molecule is Cc1nc(C(=O)N2CCOC3(CCN(Cc4cc(F)cc(CCNCC(O)c5ccc(O)c6[nH]c(=O)sc56)c4)CC3)C2)cs1.